The summed E-state index contributed by atoms with van der Waals surface area (Å²) in [4.78, 5) is 24.8. The van der Waals surface area contributed by atoms with Gasteiger partial charge in [-0.05, 0) is 12.8 Å². The van der Waals surface area contributed by atoms with Gasteiger partial charge < -0.3 is 4.90 Å². The quantitative estimate of drug-likeness (QED) is 0.488. The van der Waals surface area contributed by atoms with E-state index in [9.17, 15) is 9.59 Å². The van der Waals surface area contributed by atoms with Gasteiger partial charge in [0.15, 0.2) is 0 Å². The molecular weight excluding hydrogens is 190 g/mol. The Kier molecular flexibility index (Phi) is 3.39. The number of hydrogen-bond acceptors (Lipinski definition) is 2. The first-order valence-electron chi connectivity index (χ1n) is 6.08. The molecule has 1 saturated carbocycles. The van der Waals surface area contributed by atoms with Gasteiger partial charge in [0.25, 0.3) is 0 Å². The first-order chi connectivity index (χ1) is 7.27. The molecule has 1 heterocycles. The summed E-state index contributed by atoms with van der Waals surface area (Å²) in [6.07, 6.45) is 8.08. The normalized spacial score (nSPS) is 25.5. The van der Waals surface area contributed by atoms with Crippen molar-refractivity contribution in [1.82, 2.24) is 4.90 Å². The van der Waals surface area contributed by atoms with Crippen LogP contribution in [0.15, 0.2) is 0 Å². The van der Waals surface area contributed by atoms with Crippen molar-refractivity contribution >= 4 is 11.7 Å². The zero-order valence-corrected chi connectivity index (χ0v) is 9.21. The largest absolute Gasteiger partial charge is 0.339 e. The highest BCUT2D eigenvalue weighted by atomic mass is 16.2. The van der Waals surface area contributed by atoms with Crippen LogP contribution in [0.2, 0.25) is 0 Å². The molecule has 1 aliphatic heterocycles. The van der Waals surface area contributed by atoms with Gasteiger partial charge in [-0.25, -0.2) is 0 Å². The minimum Gasteiger partial charge on any atom is -0.339 e. The first kappa shape index (κ1) is 10.7. The molecule has 84 valence electrons. The van der Waals surface area contributed by atoms with E-state index in [0.29, 0.717) is 19.0 Å². The maximum atomic E-state index is 11.7. The van der Waals surface area contributed by atoms with Crippen molar-refractivity contribution in [3.05, 3.63) is 0 Å². The number of piperidine rings is 1. The molecule has 0 spiro atoms. The van der Waals surface area contributed by atoms with Crippen LogP contribution in [0.5, 0.6) is 0 Å². The number of carbonyl (C=O) groups excluding carboxylic acids is 2. The van der Waals surface area contributed by atoms with Crippen molar-refractivity contribution in [3.63, 3.8) is 0 Å². The SMILES string of the molecule is O=C1CCN(C2CCCCCC2)C(=O)C1. The van der Waals surface area contributed by atoms with E-state index in [-0.39, 0.29) is 18.1 Å². The highest BCUT2D eigenvalue weighted by molar-refractivity contribution is 6.00. The standard InChI is InChI=1S/C12H19NO2/c14-11-7-8-13(12(15)9-11)10-5-3-1-2-4-6-10/h10H,1-9H2. The lowest BCUT2D eigenvalue weighted by molar-refractivity contribution is -0.141. The summed E-state index contributed by atoms with van der Waals surface area (Å²) < 4.78 is 0. The molecule has 0 radical (unpaired) electrons. The van der Waals surface area contributed by atoms with E-state index in [1.165, 1.54) is 25.7 Å². The van der Waals surface area contributed by atoms with Gasteiger partial charge >= 0.3 is 0 Å². The maximum Gasteiger partial charge on any atom is 0.230 e. The molecule has 1 amide bonds. The van der Waals surface area contributed by atoms with Crippen LogP contribution >= 0.6 is 0 Å². The Morgan fingerprint density at radius 2 is 1.67 bits per heavy atom. The first-order valence-corrected chi connectivity index (χ1v) is 6.08. The molecule has 0 bridgehead atoms. The van der Waals surface area contributed by atoms with E-state index < -0.39 is 0 Å². The van der Waals surface area contributed by atoms with E-state index in [0.717, 1.165) is 12.8 Å². The molecule has 0 N–H and O–H groups in total. The molecule has 0 unspecified atom stereocenters. The molecule has 2 aliphatic rings. The van der Waals surface area contributed by atoms with E-state index in [2.05, 4.69) is 0 Å². The van der Waals surface area contributed by atoms with Gasteiger partial charge in [-0.1, -0.05) is 25.7 Å². The van der Waals surface area contributed by atoms with E-state index in [1.54, 1.807) is 0 Å². The molecular formula is C12H19NO2. The van der Waals surface area contributed by atoms with E-state index in [1.807, 2.05) is 4.90 Å². The Morgan fingerprint density at radius 3 is 2.27 bits per heavy atom. The lowest BCUT2D eigenvalue weighted by Gasteiger charge is -2.33. The highest BCUT2D eigenvalue weighted by Crippen LogP contribution is 2.24. The van der Waals surface area contributed by atoms with Crippen molar-refractivity contribution in [3.8, 4) is 0 Å². The summed E-state index contributed by atoms with van der Waals surface area (Å²) in [5, 5.41) is 0. The number of ketones is 1. The van der Waals surface area contributed by atoms with Crippen LogP contribution in [0.3, 0.4) is 0 Å². The summed E-state index contributed by atoms with van der Waals surface area (Å²) in [5.74, 6) is 0.183. The number of nitrogens with zero attached hydrogens (tertiary/aromatic N) is 1. The van der Waals surface area contributed by atoms with Crippen molar-refractivity contribution < 1.29 is 9.59 Å². The van der Waals surface area contributed by atoms with Gasteiger partial charge in [-0.15, -0.1) is 0 Å². The van der Waals surface area contributed by atoms with E-state index in [4.69, 9.17) is 0 Å². The van der Waals surface area contributed by atoms with Gasteiger partial charge in [-0.3, -0.25) is 9.59 Å². The summed E-state index contributed by atoms with van der Waals surface area (Å²) in [6.45, 7) is 0.669. The van der Waals surface area contributed by atoms with Gasteiger partial charge in [-0.2, -0.15) is 0 Å². The zero-order chi connectivity index (χ0) is 10.7. The Bertz CT molecular complexity index is 254. The van der Waals surface area contributed by atoms with Crippen LogP contribution in [0, 0.1) is 0 Å². The number of rotatable bonds is 1. The molecule has 0 aromatic carbocycles. The number of carbonyl (C=O) groups is 2. The third kappa shape index (κ3) is 2.58. The second-order valence-corrected chi connectivity index (χ2v) is 4.70. The van der Waals surface area contributed by atoms with Crippen LogP contribution in [0.4, 0.5) is 0 Å². The minimum atomic E-state index is 0.0677. The summed E-state index contributed by atoms with van der Waals surface area (Å²) in [6, 6.07) is 0.424. The lowest BCUT2D eigenvalue weighted by Crippen LogP contribution is -2.45. The number of hydrogen-bond donors (Lipinski definition) is 0. The summed E-state index contributed by atoms with van der Waals surface area (Å²) in [7, 11) is 0. The smallest absolute Gasteiger partial charge is 0.230 e. The van der Waals surface area contributed by atoms with Crippen molar-refractivity contribution in [2.45, 2.75) is 57.4 Å². The van der Waals surface area contributed by atoms with Gasteiger partial charge in [0, 0.05) is 19.0 Å². The van der Waals surface area contributed by atoms with Crippen LogP contribution in [0.1, 0.15) is 51.4 Å². The maximum absolute atomic E-state index is 11.7. The fourth-order valence-corrected chi connectivity index (χ4v) is 2.68. The Hall–Kier alpha value is -0.860. The molecule has 3 nitrogen and oxygen atoms in total. The van der Waals surface area contributed by atoms with Crippen LogP contribution in [0.25, 0.3) is 0 Å². The number of likely N-dealkylation sites (tertiary alicyclic amines) is 1. The van der Waals surface area contributed by atoms with Crippen LogP contribution in [-0.2, 0) is 9.59 Å². The van der Waals surface area contributed by atoms with Crippen LogP contribution < -0.4 is 0 Å². The molecule has 1 saturated heterocycles. The predicted molar refractivity (Wildman–Crippen MR) is 57.4 cm³/mol. The molecule has 0 aromatic rings. The molecule has 0 aromatic heterocycles. The third-order valence-electron chi connectivity index (χ3n) is 3.57. The summed E-state index contributed by atoms with van der Waals surface area (Å²) >= 11 is 0. The minimum absolute atomic E-state index is 0.0677. The van der Waals surface area contributed by atoms with Gasteiger partial charge in [0.1, 0.15) is 5.78 Å². The average Bonchev–Trinajstić information content (AvgIpc) is 2.46. The molecule has 2 rings (SSSR count). The second kappa shape index (κ2) is 4.77. The average molecular weight is 209 g/mol. The van der Waals surface area contributed by atoms with Gasteiger partial charge in [0.05, 0.1) is 6.42 Å². The summed E-state index contributed by atoms with van der Waals surface area (Å²) in [5.41, 5.74) is 0. The Balaban J connectivity index is 1.96. The predicted octanol–water partition coefficient (Wildman–Crippen LogP) is 1.90. The molecule has 0 atom stereocenters. The number of amides is 1. The van der Waals surface area contributed by atoms with Crippen molar-refractivity contribution in [2.24, 2.45) is 0 Å². The fourth-order valence-electron chi connectivity index (χ4n) is 2.68. The number of Topliss-reactive ketones (excluding diaryl/α,β-unsaturated/α-hetero) is 1. The van der Waals surface area contributed by atoms with Gasteiger partial charge in [0.2, 0.25) is 5.91 Å². The molecule has 1 aliphatic carbocycles. The molecule has 2 fully saturated rings. The Morgan fingerprint density at radius 1 is 1.00 bits per heavy atom. The Labute approximate surface area is 90.8 Å². The lowest BCUT2D eigenvalue weighted by atomic mass is 10.0. The highest BCUT2D eigenvalue weighted by Gasteiger charge is 2.29. The van der Waals surface area contributed by atoms with Crippen LogP contribution in [-0.4, -0.2) is 29.2 Å². The van der Waals surface area contributed by atoms with Crippen molar-refractivity contribution in [1.29, 1.82) is 0 Å². The van der Waals surface area contributed by atoms with E-state index >= 15 is 0 Å². The molecule has 15 heavy (non-hydrogen) atoms. The molecule has 3 heteroatoms. The second-order valence-electron chi connectivity index (χ2n) is 4.70. The monoisotopic (exact) mass is 209 g/mol. The topological polar surface area (TPSA) is 37.4 Å². The van der Waals surface area contributed by atoms with Crippen molar-refractivity contribution in [2.75, 3.05) is 6.54 Å². The fraction of sp³-hybridized carbons (Fsp3) is 0.833. The zero-order valence-electron chi connectivity index (χ0n) is 9.21. The third-order valence-corrected chi connectivity index (χ3v) is 3.57.